The van der Waals surface area contributed by atoms with E-state index in [0.717, 1.165) is 0 Å². The number of aromatic nitrogens is 1. The van der Waals surface area contributed by atoms with Crippen molar-refractivity contribution in [1.82, 2.24) is 15.6 Å². The number of furan rings is 1. The van der Waals surface area contributed by atoms with Crippen LogP contribution in [0.15, 0.2) is 46.1 Å². The molecule has 0 saturated heterocycles. The molecule has 0 radical (unpaired) electrons. The number of aliphatic hydroxyl groups is 1. The molecule has 0 saturated carbocycles. The summed E-state index contributed by atoms with van der Waals surface area (Å²) >= 11 is 0. The first-order valence-corrected chi connectivity index (χ1v) is 8.62. The normalized spacial score (nSPS) is 14.4. The van der Waals surface area contributed by atoms with Crippen LogP contribution in [0, 0.1) is 0 Å². The Bertz CT molecular complexity index is 744. The molecular weight excluding hydrogens is 377 g/mol. The molecule has 1 atom stereocenters. The number of ether oxygens (including phenoxy) is 1. The van der Waals surface area contributed by atoms with Gasteiger partial charge < -0.3 is 24.9 Å². The summed E-state index contributed by atoms with van der Waals surface area (Å²) in [7, 11) is 0. The Labute approximate surface area is 160 Å². The van der Waals surface area contributed by atoms with Crippen molar-refractivity contribution in [3.63, 3.8) is 0 Å². The predicted molar refractivity (Wildman–Crippen MR) is 96.9 cm³/mol. The standard InChI is InChI=1S/C18H23F3N4O3/c1-3-22-16(25-11-17(2,26)14-5-4-8-27-14)24-10-13-6-7-15(23-9-13)28-12-18(19,20)21/h4-9,26H,3,10-12H2,1-2H3,(H2,22,24,25). The average Bonchev–Trinajstić information content (AvgIpc) is 3.18. The third-order valence-corrected chi connectivity index (χ3v) is 3.60. The van der Waals surface area contributed by atoms with Gasteiger partial charge in [0.15, 0.2) is 12.6 Å². The van der Waals surface area contributed by atoms with Crippen molar-refractivity contribution < 1.29 is 27.4 Å². The maximum Gasteiger partial charge on any atom is 0.422 e. The first-order chi connectivity index (χ1) is 13.2. The van der Waals surface area contributed by atoms with Crippen molar-refractivity contribution in [3.05, 3.63) is 48.0 Å². The van der Waals surface area contributed by atoms with Crippen LogP contribution in [-0.4, -0.2) is 41.9 Å². The second kappa shape index (κ2) is 9.45. The summed E-state index contributed by atoms with van der Waals surface area (Å²) in [6, 6.07) is 6.32. The van der Waals surface area contributed by atoms with Crippen LogP contribution in [0.5, 0.6) is 5.88 Å². The molecule has 1 unspecified atom stereocenters. The summed E-state index contributed by atoms with van der Waals surface area (Å²) in [4.78, 5) is 8.21. The van der Waals surface area contributed by atoms with Crippen molar-refractivity contribution in [2.24, 2.45) is 4.99 Å². The summed E-state index contributed by atoms with van der Waals surface area (Å²) in [5, 5.41) is 16.5. The Balaban J connectivity index is 1.93. The average molecular weight is 400 g/mol. The molecule has 154 valence electrons. The van der Waals surface area contributed by atoms with E-state index in [-0.39, 0.29) is 19.0 Å². The van der Waals surface area contributed by atoms with Gasteiger partial charge in [0.25, 0.3) is 0 Å². The highest BCUT2D eigenvalue weighted by Crippen LogP contribution is 2.20. The highest BCUT2D eigenvalue weighted by molar-refractivity contribution is 5.79. The van der Waals surface area contributed by atoms with E-state index >= 15 is 0 Å². The quantitative estimate of drug-likeness (QED) is 0.466. The zero-order valence-corrected chi connectivity index (χ0v) is 15.6. The Morgan fingerprint density at radius 2 is 2.07 bits per heavy atom. The number of alkyl halides is 3. The minimum Gasteiger partial charge on any atom is -0.468 e. The number of nitrogens with zero attached hydrogens (tertiary/aromatic N) is 2. The van der Waals surface area contributed by atoms with Gasteiger partial charge in [-0.2, -0.15) is 13.2 Å². The fourth-order valence-electron chi connectivity index (χ4n) is 2.19. The molecule has 2 aromatic rings. The van der Waals surface area contributed by atoms with Crippen LogP contribution in [0.3, 0.4) is 0 Å². The Hall–Kier alpha value is -2.75. The summed E-state index contributed by atoms with van der Waals surface area (Å²) in [5.74, 6) is 0.783. The van der Waals surface area contributed by atoms with E-state index in [1.807, 2.05) is 6.92 Å². The van der Waals surface area contributed by atoms with Crippen LogP contribution in [0.2, 0.25) is 0 Å². The van der Waals surface area contributed by atoms with Crippen LogP contribution in [0.25, 0.3) is 0 Å². The maximum absolute atomic E-state index is 12.1. The minimum atomic E-state index is -4.41. The molecule has 0 spiro atoms. The SMILES string of the molecule is CCNC(=NCc1ccc(OCC(F)(F)F)nc1)NCC(C)(O)c1ccco1. The van der Waals surface area contributed by atoms with Gasteiger partial charge >= 0.3 is 6.18 Å². The van der Waals surface area contributed by atoms with Gasteiger partial charge in [-0.1, -0.05) is 6.07 Å². The summed E-state index contributed by atoms with van der Waals surface area (Å²) < 4.78 is 46.2. The van der Waals surface area contributed by atoms with E-state index in [0.29, 0.717) is 23.8 Å². The van der Waals surface area contributed by atoms with Crippen LogP contribution in [-0.2, 0) is 12.1 Å². The lowest BCUT2D eigenvalue weighted by Crippen LogP contribution is -2.44. The van der Waals surface area contributed by atoms with Gasteiger partial charge in [0, 0.05) is 18.8 Å². The first kappa shape index (κ1) is 21.5. The molecule has 2 heterocycles. The molecule has 0 aromatic carbocycles. The van der Waals surface area contributed by atoms with Crippen molar-refractivity contribution in [3.8, 4) is 5.88 Å². The number of halogens is 3. The summed E-state index contributed by atoms with van der Waals surface area (Å²) in [6.07, 6.45) is -1.52. The maximum atomic E-state index is 12.1. The van der Waals surface area contributed by atoms with E-state index < -0.39 is 18.4 Å². The fourth-order valence-corrected chi connectivity index (χ4v) is 2.19. The van der Waals surface area contributed by atoms with Crippen molar-refractivity contribution in [2.45, 2.75) is 32.2 Å². The summed E-state index contributed by atoms with van der Waals surface area (Å²) in [5.41, 5.74) is -0.534. The van der Waals surface area contributed by atoms with E-state index in [1.165, 1.54) is 18.5 Å². The van der Waals surface area contributed by atoms with Gasteiger partial charge in [-0.15, -0.1) is 0 Å². The molecule has 0 aliphatic carbocycles. The van der Waals surface area contributed by atoms with Crippen LogP contribution < -0.4 is 15.4 Å². The molecule has 0 amide bonds. The van der Waals surface area contributed by atoms with Gasteiger partial charge in [-0.3, -0.25) is 0 Å². The van der Waals surface area contributed by atoms with Gasteiger partial charge in [0.2, 0.25) is 5.88 Å². The molecule has 2 rings (SSSR count). The van der Waals surface area contributed by atoms with Gasteiger partial charge in [-0.25, -0.2) is 9.98 Å². The van der Waals surface area contributed by atoms with Crippen molar-refractivity contribution in [2.75, 3.05) is 19.7 Å². The molecule has 0 fully saturated rings. The number of nitrogens with one attached hydrogen (secondary N) is 2. The topological polar surface area (TPSA) is 91.9 Å². The zero-order chi connectivity index (χ0) is 20.6. The molecular formula is C18H23F3N4O3. The Morgan fingerprint density at radius 3 is 2.64 bits per heavy atom. The number of aliphatic imine (C=N–C) groups is 1. The monoisotopic (exact) mass is 400 g/mol. The highest BCUT2D eigenvalue weighted by Gasteiger charge is 2.28. The van der Waals surface area contributed by atoms with E-state index in [4.69, 9.17) is 4.42 Å². The minimum absolute atomic E-state index is 0.107. The second-order valence-electron chi connectivity index (χ2n) is 6.21. The fraction of sp³-hybridized carbons (Fsp3) is 0.444. The molecule has 10 heteroatoms. The molecule has 0 aliphatic heterocycles. The van der Waals surface area contributed by atoms with E-state index in [1.54, 1.807) is 25.1 Å². The number of hydrogen-bond acceptors (Lipinski definition) is 5. The zero-order valence-electron chi connectivity index (χ0n) is 15.6. The van der Waals surface area contributed by atoms with Crippen LogP contribution in [0.4, 0.5) is 13.2 Å². The number of guanidine groups is 1. The Morgan fingerprint density at radius 1 is 1.29 bits per heavy atom. The molecule has 2 aromatic heterocycles. The van der Waals surface area contributed by atoms with Crippen LogP contribution >= 0.6 is 0 Å². The van der Waals surface area contributed by atoms with E-state index in [9.17, 15) is 18.3 Å². The number of hydrogen-bond donors (Lipinski definition) is 3. The molecule has 3 N–H and O–H groups in total. The predicted octanol–water partition coefficient (Wildman–Crippen LogP) is 2.58. The van der Waals surface area contributed by atoms with Crippen molar-refractivity contribution in [1.29, 1.82) is 0 Å². The smallest absolute Gasteiger partial charge is 0.422 e. The van der Waals surface area contributed by atoms with Gasteiger partial charge in [0.05, 0.1) is 19.4 Å². The third-order valence-electron chi connectivity index (χ3n) is 3.60. The number of rotatable bonds is 8. The van der Waals surface area contributed by atoms with E-state index in [2.05, 4.69) is 25.3 Å². The Kier molecular flexibility index (Phi) is 7.27. The molecule has 0 aliphatic rings. The first-order valence-electron chi connectivity index (χ1n) is 8.62. The molecule has 0 bridgehead atoms. The molecule has 28 heavy (non-hydrogen) atoms. The number of pyridine rings is 1. The van der Waals surface area contributed by atoms with Gasteiger partial charge in [0.1, 0.15) is 11.4 Å². The third kappa shape index (κ3) is 7.10. The lowest BCUT2D eigenvalue weighted by molar-refractivity contribution is -0.154. The second-order valence-corrected chi connectivity index (χ2v) is 6.21. The van der Waals surface area contributed by atoms with Gasteiger partial charge in [-0.05, 0) is 31.5 Å². The van der Waals surface area contributed by atoms with Crippen LogP contribution in [0.1, 0.15) is 25.2 Å². The van der Waals surface area contributed by atoms with Crippen molar-refractivity contribution >= 4 is 5.96 Å². The highest BCUT2D eigenvalue weighted by atomic mass is 19.4. The largest absolute Gasteiger partial charge is 0.468 e. The molecule has 7 nitrogen and oxygen atoms in total. The lowest BCUT2D eigenvalue weighted by Gasteiger charge is -2.22. The summed E-state index contributed by atoms with van der Waals surface area (Å²) in [6.45, 7) is 3.14. The lowest BCUT2D eigenvalue weighted by atomic mass is 10.0.